The standard InChI is InChI=1S/C30H30F3N/c1-2-3-4-5-6-7-10-22-13-15-24(16-14-22)27-21-25(17-18-28(27)30(31,32)33)29-26-12-9-8-11-23(26)19-20-34-29/h8-9,11-21H,2-7,10H2,1H3. The Bertz CT molecular complexity index is 1220. The summed E-state index contributed by atoms with van der Waals surface area (Å²) >= 11 is 0. The van der Waals surface area contributed by atoms with Gasteiger partial charge in [0.1, 0.15) is 0 Å². The van der Waals surface area contributed by atoms with E-state index < -0.39 is 11.7 Å². The molecule has 176 valence electrons. The van der Waals surface area contributed by atoms with Crippen LogP contribution < -0.4 is 0 Å². The van der Waals surface area contributed by atoms with Gasteiger partial charge < -0.3 is 0 Å². The molecule has 0 atom stereocenters. The Hall–Kier alpha value is -3.14. The third-order valence-electron chi connectivity index (χ3n) is 6.36. The molecule has 0 aliphatic rings. The van der Waals surface area contributed by atoms with Crippen LogP contribution in [-0.4, -0.2) is 4.98 Å². The summed E-state index contributed by atoms with van der Waals surface area (Å²) in [5.74, 6) is 0. The Morgan fingerprint density at radius 3 is 2.21 bits per heavy atom. The van der Waals surface area contributed by atoms with Crippen molar-refractivity contribution < 1.29 is 13.2 Å². The molecule has 4 rings (SSSR count). The highest BCUT2D eigenvalue weighted by atomic mass is 19.4. The lowest BCUT2D eigenvalue weighted by Gasteiger charge is -2.16. The second-order valence-electron chi connectivity index (χ2n) is 8.85. The maximum Gasteiger partial charge on any atom is 0.417 e. The van der Waals surface area contributed by atoms with E-state index in [1.807, 2.05) is 54.6 Å². The minimum atomic E-state index is -4.43. The minimum absolute atomic E-state index is 0.186. The summed E-state index contributed by atoms with van der Waals surface area (Å²) < 4.78 is 41.6. The van der Waals surface area contributed by atoms with Crippen LogP contribution in [0, 0.1) is 0 Å². The zero-order chi connectivity index (χ0) is 24.0. The van der Waals surface area contributed by atoms with E-state index in [1.165, 1.54) is 49.8 Å². The van der Waals surface area contributed by atoms with Gasteiger partial charge in [-0.15, -0.1) is 0 Å². The second-order valence-corrected chi connectivity index (χ2v) is 8.85. The van der Waals surface area contributed by atoms with Gasteiger partial charge in [0.15, 0.2) is 0 Å². The van der Waals surface area contributed by atoms with Crippen molar-refractivity contribution in [3.63, 3.8) is 0 Å². The molecule has 34 heavy (non-hydrogen) atoms. The number of halogens is 3. The number of alkyl halides is 3. The third kappa shape index (κ3) is 5.67. The van der Waals surface area contributed by atoms with Crippen molar-refractivity contribution in [2.24, 2.45) is 0 Å². The first-order valence-electron chi connectivity index (χ1n) is 12.1. The lowest BCUT2D eigenvalue weighted by Crippen LogP contribution is -2.07. The molecule has 4 heteroatoms. The Morgan fingerprint density at radius 1 is 0.735 bits per heavy atom. The first kappa shape index (κ1) is 24.0. The molecule has 0 amide bonds. The molecule has 1 nitrogen and oxygen atoms in total. The Morgan fingerprint density at radius 2 is 1.44 bits per heavy atom. The van der Waals surface area contributed by atoms with Gasteiger partial charge in [0.25, 0.3) is 0 Å². The van der Waals surface area contributed by atoms with Crippen LogP contribution in [0.15, 0.2) is 79.0 Å². The van der Waals surface area contributed by atoms with Crippen molar-refractivity contribution in [1.29, 1.82) is 0 Å². The quantitative estimate of drug-likeness (QED) is 0.226. The molecule has 0 bridgehead atoms. The molecular formula is C30H30F3N. The summed E-state index contributed by atoms with van der Waals surface area (Å²) in [6, 6.07) is 21.6. The highest BCUT2D eigenvalue weighted by Crippen LogP contribution is 2.40. The van der Waals surface area contributed by atoms with Crippen LogP contribution >= 0.6 is 0 Å². The Balaban J connectivity index is 1.63. The van der Waals surface area contributed by atoms with Crippen molar-refractivity contribution in [2.45, 2.75) is 58.0 Å². The molecule has 1 aromatic heterocycles. The van der Waals surface area contributed by atoms with Gasteiger partial charge in [-0.25, -0.2) is 0 Å². The molecule has 0 spiro atoms. The third-order valence-corrected chi connectivity index (χ3v) is 6.36. The van der Waals surface area contributed by atoms with E-state index >= 15 is 0 Å². The number of rotatable bonds is 9. The van der Waals surface area contributed by atoms with Gasteiger partial charge >= 0.3 is 6.18 Å². The fourth-order valence-electron chi connectivity index (χ4n) is 4.49. The van der Waals surface area contributed by atoms with E-state index in [4.69, 9.17) is 0 Å². The monoisotopic (exact) mass is 461 g/mol. The largest absolute Gasteiger partial charge is 0.417 e. The van der Waals surface area contributed by atoms with Crippen LogP contribution in [-0.2, 0) is 12.6 Å². The van der Waals surface area contributed by atoms with Crippen LogP contribution in [0.4, 0.5) is 13.2 Å². The molecule has 4 aromatic rings. The SMILES string of the molecule is CCCCCCCCc1ccc(-c2cc(-c3nccc4ccccc34)ccc2C(F)(F)F)cc1. The maximum atomic E-state index is 13.9. The number of benzene rings is 3. The van der Waals surface area contributed by atoms with Crippen LogP contribution in [0.2, 0.25) is 0 Å². The molecule has 0 unspecified atom stereocenters. The zero-order valence-electron chi connectivity index (χ0n) is 19.5. The van der Waals surface area contributed by atoms with Gasteiger partial charge in [0.2, 0.25) is 0 Å². The Labute approximate surface area is 199 Å². The predicted octanol–water partition coefficient (Wildman–Crippen LogP) is 9.49. The van der Waals surface area contributed by atoms with Gasteiger partial charge in [-0.3, -0.25) is 4.98 Å². The van der Waals surface area contributed by atoms with Gasteiger partial charge in [-0.2, -0.15) is 13.2 Å². The fourth-order valence-corrected chi connectivity index (χ4v) is 4.49. The van der Waals surface area contributed by atoms with E-state index in [0.29, 0.717) is 16.8 Å². The second kappa shape index (κ2) is 10.9. The summed E-state index contributed by atoms with van der Waals surface area (Å²) in [7, 11) is 0. The normalized spacial score (nSPS) is 11.8. The van der Waals surface area contributed by atoms with E-state index in [0.717, 1.165) is 23.6 Å². The topological polar surface area (TPSA) is 12.9 Å². The molecule has 3 aromatic carbocycles. The highest BCUT2D eigenvalue weighted by Gasteiger charge is 2.34. The number of hydrogen-bond acceptors (Lipinski definition) is 1. The number of aryl methyl sites for hydroxylation is 1. The number of fused-ring (bicyclic) bond motifs is 1. The predicted molar refractivity (Wildman–Crippen MR) is 135 cm³/mol. The fraction of sp³-hybridized carbons (Fsp3) is 0.300. The van der Waals surface area contributed by atoms with Crippen molar-refractivity contribution >= 4 is 10.8 Å². The van der Waals surface area contributed by atoms with Gasteiger partial charge in [-0.05, 0) is 53.1 Å². The molecule has 1 heterocycles. The van der Waals surface area contributed by atoms with E-state index in [9.17, 15) is 13.2 Å². The first-order valence-corrected chi connectivity index (χ1v) is 12.1. The number of unbranched alkanes of at least 4 members (excludes halogenated alkanes) is 5. The van der Waals surface area contributed by atoms with E-state index in [1.54, 1.807) is 12.3 Å². The van der Waals surface area contributed by atoms with Crippen molar-refractivity contribution in [3.8, 4) is 22.4 Å². The van der Waals surface area contributed by atoms with Gasteiger partial charge in [0, 0.05) is 17.1 Å². The molecule has 0 aliphatic heterocycles. The summed E-state index contributed by atoms with van der Waals surface area (Å²) in [4.78, 5) is 4.50. The van der Waals surface area contributed by atoms with Crippen LogP contribution in [0.3, 0.4) is 0 Å². The van der Waals surface area contributed by atoms with Crippen LogP contribution in [0.5, 0.6) is 0 Å². The average Bonchev–Trinajstić information content (AvgIpc) is 2.85. The van der Waals surface area contributed by atoms with E-state index in [2.05, 4.69) is 11.9 Å². The molecule has 0 N–H and O–H groups in total. The van der Waals surface area contributed by atoms with Crippen molar-refractivity contribution in [3.05, 3.63) is 90.1 Å². The Kier molecular flexibility index (Phi) is 7.66. The molecular weight excluding hydrogens is 431 g/mol. The number of aromatic nitrogens is 1. The molecule has 0 fully saturated rings. The van der Waals surface area contributed by atoms with Crippen molar-refractivity contribution in [1.82, 2.24) is 4.98 Å². The lowest BCUT2D eigenvalue weighted by molar-refractivity contribution is -0.137. The minimum Gasteiger partial charge on any atom is -0.256 e. The van der Waals surface area contributed by atoms with Crippen molar-refractivity contribution in [2.75, 3.05) is 0 Å². The zero-order valence-corrected chi connectivity index (χ0v) is 19.5. The van der Waals surface area contributed by atoms with Gasteiger partial charge in [-0.1, -0.05) is 93.6 Å². The van der Waals surface area contributed by atoms with Crippen LogP contribution in [0.1, 0.15) is 56.6 Å². The summed E-state index contributed by atoms with van der Waals surface area (Å²) in [5, 5.41) is 1.93. The molecule has 0 radical (unpaired) electrons. The highest BCUT2D eigenvalue weighted by molar-refractivity contribution is 5.95. The first-order chi connectivity index (χ1) is 16.5. The molecule has 0 aliphatic carbocycles. The number of pyridine rings is 1. The molecule has 0 saturated carbocycles. The number of hydrogen-bond donors (Lipinski definition) is 0. The summed E-state index contributed by atoms with van der Waals surface area (Å²) in [5.41, 5.74) is 2.66. The molecule has 0 saturated heterocycles. The van der Waals surface area contributed by atoms with E-state index in [-0.39, 0.29) is 5.56 Å². The lowest BCUT2D eigenvalue weighted by atomic mass is 9.93. The smallest absolute Gasteiger partial charge is 0.256 e. The van der Waals surface area contributed by atoms with Gasteiger partial charge in [0.05, 0.1) is 11.3 Å². The maximum absolute atomic E-state index is 13.9. The number of nitrogens with zero attached hydrogens (tertiary/aromatic N) is 1. The summed E-state index contributed by atoms with van der Waals surface area (Å²) in [6.45, 7) is 2.21. The average molecular weight is 462 g/mol. The summed E-state index contributed by atoms with van der Waals surface area (Å²) in [6.07, 6.45) is 5.57. The van der Waals surface area contributed by atoms with Crippen LogP contribution in [0.25, 0.3) is 33.2 Å².